The summed E-state index contributed by atoms with van der Waals surface area (Å²) in [6.45, 7) is 1.22. The molecule has 0 saturated heterocycles. The Kier molecular flexibility index (Phi) is 5.52. The Bertz CT molecular complexity index is 832. The third-order valence-electron chi connectivity index (χ3n) is 3.56. The first-order valence-corrected chi connectivity index (χ1v) is 8.86. The number of nitrogens with one attached hydrogen (secondary N) is 1. The maximum absolute atomic E-state index is 12.3. The fraction of sp³-hybridized carbons (Fsp3) is 0.111. The fourth-order valence-corrected chi connectivity index (χ4v) is 3.41. The van der Waals surface area contributed by atoms with Gasteiger partial charge in [0.25, 0.3) is 5.91 Å². The highest BCUT2D eigenvalue weighted by Crippen LogP contribution is 2.18. The van der Waals surface area contributed by atoms with Crippen LogP contribution < -0.4 is 5.32 Å². The van der Waals surface area contributed by atoms with Gasteiger partial charge in [0.1, 0.15) is 0 Å². The van der Waals surface area contributed by atoms with Crippen molar-refractivity contribution in [1.82, 2.24) is 15.1 Å². The molecule has 0 saturated carbocycles. The number of nitrogens with zero attached hydrogens (tertiary/aromatic N) is 2. The molecule has 6 heteroatoms. The van der Waals surface area contributed by atoms with Gasteiger partial charge < -0.3 is 5.32 Å². The van der Waals surface area contributed by atoms with Crippen LogP contribution in [0.2, 0.25) is 5.02 Å². The summed E-state index contributed by atoms with van der Waals surface area (Å²) in [5, 5.41) is 7.76. The molecule has 1 N–H and O–H groups in total. The molecule has 0 radical (unpaired) electrons. The molecule has 24 heavy (non-hydrogen) atoms. The van der Waals surface area contributed by atoms with Gasteiger partial charge in [0, 0.05) is 27.5 Å². The minimum Gasteiger partial charge on any atom is -0.348 e. The summed E-state index contributed by atoms with van der Waals surface area (Å²) in [4.78, 5) is 12.3. The van der Waals surface area contributed by atoms with E-state index in [2.05, 4.69) is 45.1 Å². The minimum absolute atomic E-state index is 0.100. The molecule has 2 aromatic carbocycles. The van der Waals surface area contributed by atoms with Crippen LogP contribution >= 0.6 is 34.2 Å². The average Bonchev–Trinajstić information content (AvgIpc) is 3.07. The van der Waals surface area contributed by atoms with Crippen LogP contribution in [0.25, 0.3) is 0 Å². The van der Waals surface area contributed by atoms with E-state index in [0.717, 1.165) is 15.7 Å². The van der Waals surface area contributed by atoms with E-state index >= 15 is 0 Å². The van der Waals surface area contributed by atoms with E-state index in [-0.39, 0.29) is 5.91 Å². The maximum Gasteiger partial charge on any atom is 0.252 e. The molecule has 0 aliphatic heterocycles. The monoisotopic (exact) mass is 451 g/mol. The van der Waals surface area contributed by atoms with E-state index in [0.29, 0.717) is 17.1 Å². The van der Waals surface area contributed by atoms with Crippen LogP contribution in [0.5, 0.6) is 0 Å². The van der Waals surface area contributed by atoms with Crippen molar-refractivity contribution in [2.75, 3.05) is 0 Å². The number of rotatable bonds is 5. The summed E-state index contributed by atoms with van der Waals surface area (Å²) in [7, 11) is 0. The van der Waals surface area contributed by atoms with Crippen molar-refractivity contribution in [3.63, 3.8) is 0 Å². The molecule has 0 unspecified atom stereocenters. The predicted octanol–water partition coefficient (Wildman–Crippen LogP) is 4.12. The highest BCUT2D eigenvalue weighted by Gasteiger charge is 2.09. The fourth-order valence-electron chi connectivity index (χ4n) is 2.29. The summed E-state index contributed by atoms with van der Waals surface area (Å²) in [6, 6.07) is 15.3. The lowest BCUT2D eigenvalue weighted by Crippen LogP contribution is -2.23. The van der Waals surface area contributed by atoms with Gasteiger partial charge in [0.05, 0.1) is 12.1 Å². The van der Waals surface area contributed by atoms with E-state index in [1.54, 1.807) is 24.4 Å². The molecule has 3 rings (SSSR count). The number of carbonyl (C=O) groups excluding carboxylic acids is 1. The van der Waals surface area contributed by atoms with Gasteiger partial charge in [-0.1, -0.05) is 35.9 Å². The second-order valence-corrected chi connectivity index (χ2v) is 6.93. The van der Waals surface area contributed by atoms with Gasteiger partial charge in [-0.2, -0.15) is 5.10 Å². The number of hydrogen-bond acceptors (Lipinski definition) is 2. The molecule has 4 nitrogen and oxygen atoms in total. The molecule has 122 valence electrons. The standard InChI is InChI=1S/C18H15ClIN3O/c19-15-6-7-16(17(20)10-15)18(24)21-11-13-2-4-14(5-3-13)12-23-9-1-8-22-23/h1-10H,11-12H2,(H,21,24). The third kappa shape index (κ3) is 4.36. The molecule has 0 aliphatic rings. The number of carbonyl (C=O) groups is 1. The zero-order valence-corrected chi connectivity index (χ0v) is 15.7. The molecule has 1 aromatic heterocycles. The Morgan fingerprint density at radius 1 is 1.17 bits per heavy atom. The zero-order chi connectivity index (χ0) is 16.9. The first-order chi connectivity index (χ1) is 11.6. The lowest BCUT2D eigenvalue weighted by atomic mass is 10.1. The summed E-state index contributed by atoms with van der Waals surface area (Å²) < 4.78 is 2.71. The largest absolute Gasteiger partial charge is 0.348 e. The third-order valence-corrected chi connectivity index (χ3v) is 4.68. The lowest BCUT2D eigenvalue weighted by Gasteiger charge is -2.08. The second-order valence-electron chi connectivity index (χ2n) is 5.33. The Labute approximate surface area is 159 Å². The summed E-state index contributed by atoms with van der Waals surface area (Å²) in [6.07, 6.45) is 3.70. The first kappa shape index (κ1) is 17.0. The van der Waals surface area contributed by atoms with Gasteiger partial charge in [-0.05, 0) is 58.0 Å². The van der Waals surface area contributed by atoms with Crippen molar-refractivity contribution in [2.45, 2.75) is 13.1 Å². The second kappa shape index (κ2) is 7.81. The van der Waals surface area contributed by atoms with Crippen LogP contribution in [0.3, 0.4) is 0 Å². The quantitative estimate of drug-likeness (QED) is 0.593. The molecule has 0 bridgehead atoms. The van der Waals surface area contributed by atoms with Gasteiger partial charge >= 0.3 is 0 Å². The van der Waals surface area contributed by atoms with Crippen molar-refractivity contribution < 1.29 is 4.79 Å². The molecule has 0 fully saturated rings. The summed E-state index contributed by atoms with van der Waals surface area (Å²) in [5.74, 6) is -0.100. The molecule has 0 spiro atoms. The molecule has 0 aliphatic carbocycles. The highest BCUT2D eigenvalue weighted by atomic mass is 127. The first-order valence-electron chi connectivity index (χ1n) is 7.40. The number of halogens is 2. The number of hydrogen-bond donors (Lipinski definition) is 1. The van der Waals surface area contributed by atoms with Crippen molar-refractivity contribution in [3.05, 3.63) is 86.2 Å². The Hall–Kier alpha value is -1.86. The molecule has 1 amide bonds. The van der Waals surface area contributed by atoms with Gasteiger partial charge in [-0.25, -0.2) is 0 Å². The Morgan fingerprint density at radius 3 is 2.58 bits per heavy atom. The van der Waals surface area contributed by atoms with Gasteiger partial charge in [0.2, 0.25) is 0 Å². The number of amides is 1. The number of benzene rings is 2. The Morgan fingerprint density at radius 2 is 1.92 bits per heavy atom. The smallest absolute Gasteiger partial charge is 0.252 e. The molecule has 3 aromatic rings. The normalized spacial score (nSPS) is 10.6. The van der Waals surface area contributed by atoms with Crippen LogP contribution in [-0.4, -0.2) is 15.7 Å². The minimum atomic E-state index is -0.100. The van der Waals surface area contributed by atoms with E-state index in [1.807, 2.05) is 29.1 Å². The van der Waals surface area contributed by atoms with Crippen molar-refractivity contribution >= 4 is 40.1 Å². The van der Waals surface area contributed by atoms with Crippen LogP contribution in [0, 0.1) is 3.57 Å². The molecule has 1 heterocycles. The van der Waals surface area contributed by atoms with Crippen LogP contribution in [0.15, 0.2) is 60.9 Å². The van der Waals surface area contributed by atoms with E-state index in [4.69, 9.17) is 11.6 Å². The topological polar surface area (TPSA) is 46.9 Å². The van der Waals surface area contributed by atoms with Crippen molar-refractivity contribution in [3.8, 4) is 0 Å². The van der Waals surface area contributed by atoms with E-state index in [9.17, 15) is 4.79 Å². The maximum atomic E-state index is 12.3. The summed E-state index contributed by atoms with van der Waals surface area (Å²) in [5.41, 5.74) is 2.85. The SMILES string of the molecule is O=C(NCc1ccc(Cn2cccn2)cc1)c1ccc(Cl)cc1I. The van der Waals surface area contributed by atoms with Crippen LogP contribution in [0.1, 0.15) is 21.5 Å². The van der Waals surface area contributed by atoms with Crippen molar-refractivity contribution in [2.24, 2.45) is 0 Å². The van der Waals surface area contributed by atoms with Crippen molar-refractivity contribution in [1.29, 1.82) is 0 Å². The van der Waals surface area contributed by atoms with Crippen LogP contribution in [0.4, 0.5) is 0 Å². The highest BCUT2D eigenvalue weighted by molar-refractivity contribution is 14.1. The number of aromatic nitrogens is 2. The van der Waals surface area contributed by atoms with Gasteiger partial charge in [0.15, 0.2) is 0 Å². The predicted molar refractivity (Wildman–Crippen MR) is 103 cm³/mol. The van der Waals surface area contributed by atoms with Gasteiger partial charge in [-0.15, -0.1) is 0 Å². The molecule has 0 atom stereocenters. The zero-order valence-electron chi connectivity index (χ0n) is 12.7. The van der Waals surface area contributed by atoms with E-state index in [1.165, 1.54) is 5.56 Å². The summed E-state index contributed by atoms with van der Waals surface area (Å²) >= 11 is 8.03. The molecular formula is C18H15ClIN3O. The lowest BCUT2D eigenvalue weighted by molar-refractivity contribution is 0.0950. The average molecular weight is 452 g/mol. The van der Waals surface area contributed by atoms with Crippen LogP contribution in [-0.2, 0) is 13.1 Å². The molecular weight excluding hydrogens is 437 g/mol. The van der Waals surface area contributed by atoms with E-state index < -0.39 is 0 Å². The Balaban J connectivity index is 1.59. The van der Waals surface area contributed by atoms with Gasteiger partial charge in [-0.3, -0.25) is 9.48 Å².